The molecular formula is C32H49N3O5S. The molecule has 1 fully saturated rings. The minimum absolute atomic E-state index is 0.0408. The predicted molar refractivity (Wildman–Crippen MR) is 166 cm³/mol. The van der Waals surface area contributed by atoms with E-state index >= 15 is 0 Å². The van der Waals surface area contributed by atoms with Crippen molar-refractivity contribution in [2.75, 3.05) is 26.5 Å². The molecule has 0 aliphatic carbocycles. The van der Waals surface area contributed by atoms with Crippen LogP contribution in [0.1, 0.15) is 73.6 Å². The Kier molecular flexibility index (Phi) is 12.3. The Morgan fingerprint density at radius 1 is 1.20 bits per heavy atom. The number of carbonyl (C=O) groups is 3. The number of amides is 2. The molecule has 6 atom stereocenters. The van der Waals surface area contributed by atoms with E-state index in [0.717, 1.165) is 35.5 Å². The number of nitrogens with zero attached hydrogens (tertiary/aromatic N) is 3. The summed E-state index contributed by atoms with van der Waals surface area (Å²) in [6, 6.07) is -1.42. The molecule has 8 nitrogen and oxygen atoms in total. The van der Waals surface area contributed by atoms with Crippen LogP contribution in [0, 0.1) is 11.8 Å². The first kappa shape index (κ1) is 33.1. The first-order chi connectivity index (χ1) is 19.4. The summed E-state index contributed by atoms with van der Waals surface area (Å²) in [4.78, 5) is 48.9. The van der Waals surface area contributed by atoms with Gasteiger partial charge in [-0.05, 0) is 51.9 Å². The number of allylic oxidation sites excluding steroid dienone is 4. The minimum Gasteiger partial charge on any atom is -0.460 e. The number of rotatable bonds is 4. The lowest BCUT2D eigenvalue weighted by molar-refractivity contribution is -0.162. The lowest BCUT2D eigenvalue weighted by Crippen LogP contribution is -2.50. The predicted octanol–water partition coefficient (Wildman–Crippen LogP) is 5.19. The van der Waals surface area contributed by atoms with Crippen molar-refractivity contribution in [2.24, 2.45) is 16.8 Å². The van der Waals surface area contributed by atoms with Crippen LogP contribution < -0.4 is 0 Å². The molecule has 0 N–H and O–H groups in total. The van der Waals surface area contributed by atoms with Crippen LogP contribution in [0.5, 0.6) is 0 Å². The summed E-state index contributed by atoms with van der Waals surface area (Å²) in [5.74, 6) is 0.00930. The third-order valence-corrected chi connectivity index (χ3v) is 9.28. The Morgan fingerprint density at radius 2 is 1.93 bits per heavy atom. The standard InChI is InChI=1S/C32H49N3O5S/c1-20(2)28-32(38)40-25(18-24(6)39-8)17-22(4)13-10-9-12-21(3)16-23(5)30(36)35-15-11-14-27(35)29-33-26(19-41-29)31(37)34(28)7/h9-10,13,16,20-21,24-28H,11-12,14-15,17-19H2,1-8H3/b10-9+,22-13+,23-16+/t21-,24-,25+,26-,27+,28+/m1/s1. The fourth-order valence-corrected chi connectivity index (χ4v) is 7.02. The molecular weight excluding hydrogens is 538 g/mol. The monoisotopic (exact) mass is 587 g/mol. The second-order valence-corrected chi connectivity index (χ2v) is 13.2. The van der Waals surface area contributed by atoms with Gasteiger partial charge in [-0.15, -0.1) is 11.8 Å². The average molecular weight is 588 g/mol. The highest BCUT2D eigenvalue weighted by atomic mass is 32.2. The van der Waals surface area contributed by atoms with Crippen LogP contribution in [0.15, 0.2) is 40.4 Å². The van der Waals surface area contributed by atoms with Gasteiger partial charge in [0.25, 0.3) is 0 Å². The highest BCUT2D eigenvalue weighted by Gasteiger charge is 2.40. The molecule has 1 saturated heterocycles. The molecule has 0 aromatic heterocycles. The van der Waals surface area contributed by atoms with Crippen LogP contribution in [0.25, 0.3) is 0 Å². The van der Waals surface area contributed by atoms with Crippen molar-refractivity contribution in [2.45, 2.75) is 104 Å². The number of aliphatic imine (C=N–C) groups is 1. The van der Waals surface area contributed by atoms with Gasteiger partial charge in [-0.3, -0.25) is 14.6 Å². The SMILES string of the molecule is CO[C@H](C)C[C@@H]1C/C(C)=C/C=C/C[C@@H](C)/C=C(\C)C(=O)N2CCC[C@H]2C2=N[C@H](CS2)C(=O)N(C)[C@@H](C(C)C)C(=O)O1. The summed E-state index contributed by atoms with van der Waals surface area (Å²) in [5.41, 5.74) is 1.83. The highest BCUT2D eigenvalue weighted by molar-refractivity contribution is 8.14. The van der Waals surface area contributed by atoms with E-state index < -0.39 is 18.1 Å². The maximum Gasteiger partial charge on any atom is 0.329 e. The van der Waals surface area contributed by atoms with Crippen LogP contribution >= 0.6 is 11.8 Å². The summed E-state index contributed by atoms with van der Waals surface area (Å²) in [7, 11) is 3.32. The molecule has 41 heavy (non-hydrogen) atoms. The molecule has 0 saturated carbocycles. The number of cyclic esters (lactones) is 1. The van der Waals surface area contributed by atoms with Gasteiger partial charge in [0.15, 0.2) is 0 Å². The molecule has 2 bridgehead atoms. The summed E-state index contributed by atoms with van der Waals surface area (Å²) in [6.07, 6.45) is 11.5. The minimum atomic E-state index is -0.732. The molecule has 0 aromatic carbocycles. The number of carbonyl (C=O) groups excluding carboxylic acids is 3. The smallest absolute Gasteiger partial charge is 0.329 e. The highest BCUT2D eigenvalue weighted by Crippen LogP contribution is 2.31. The van der Waals surface area contributed by atoms with Crippen molar-refractivity contribution >= 4 is 34.6 Å². The van der Waals surface area contributed by atoms with Crippen molar-refractivity contribution < 1.29 is 23.9 Å². The van der Waals surface area contributed by atoms with Crippen molar-refractivity contribution in [3.63, 3.8) is 0 Å². The third kappa shape index (κ3) is 8.80. The second-order valence-electron chi connectivity index (χ2n) is 12.1. The van der Waals surface area contributed by atoms with Crippen molar-refractivity contribution in [3.8, 4) is 0 Å². The van der Waals surface area contributed by atoms with Gasteiger partial charge in [0, 0.05) is 44.9 Å². The quantitative estimate of drug-likeness (QED) is 0.421. The zero-order valence-electron chi connectivity index (χ0n) is 26.1. The Labute approximate surface area is 250 Å². The maximum absolute atomic E-state index is 13.7. The molecule has 9 heteroatoms. The molecule has 3 rings (SSSR count). The van der Waals surface area contributed by atoms with E-state index in [1.807, 2.05) is 51.7 Å². The van der Waals surface area contributed by atoms with E-state index in [9.17, 15) is 14.4 Å². The topological polar surface area (TPSA) is 88.5 Å². The fourth-order valence-electron chi connectivity index (χ4n) is 5.84. The second kappa shape index (κ2) is 15.2. The normalized spacial score (nSPS) is 33.2. The molecule has 3 aliphatic rings. The molecule has 0 spiro atoms. The van der Waals surface area contributed by atoms with Gasteiger partial charge in [-0.1, -0.05) is 50.6 Å². The van der Waals surface area contributed by atoms with Gasteiger partial charge in [-0.25, -0.2) is 4.79 Å². The lowest BCUT2D eigenvalue weighted by Gasteiger charge is -2.32. The number of methoxy groups -OCH3 is 1. The van der Waals surface area contributed by atoms with Gasteiger partial charge < -0.3 is 19.3 Å². The number of hydrogen-bond donors (Lipinski definition) is 0. The molecule has 0 aromatic rings. The molecule has 2 amide bonds. The Balaban J connectivity index is 1.96. The summed E-state index contributed by atoms with van der Waals surface area (Å²) in [6.45, 7) is 12.5. The maximum atomic E-state index is 13.7. The molecule has 0 radical (unpaired) electrons. The van der Waals surface area contributed by atoms with E-state index in [1.54, 1.807) is 25.9 Å². The van der Waals surface area contributed by atoms with Crippen LogP contribution in [0.4, 0.5) is 0 Å². The zero-order chi connectivity index (χ0) is 30.3. The number of esters is 1. The van der Waals surface area contributed by atoms with Gasteiger partial charge in [0.1, 0.15) is 18.2 Å². The first-order valence-electron chi connectivity index (χ1n) is 14.9. The Hall–Kier alpha value is -2.39. The van der Waals surface area contributed by atoms with Crippen molar-refractivity contribution in [1.82, 2.24) is 9.80 Å². The lowest BCUT2D eigenvalue weighted by atomic mass is 10.0. The number of ether oxygens (including phenoxy) is 2. The van der Waals surface area contributed by atoms with Gasteiger partial charge >= 0.3 is 5.97 Å². The van der Waals surface area contributed by atoms with E-state index in [0.29, 0.717) is 25.1 Å². The number of hydrogen-bond acceptors (Lipinski definition) is 7. The number of likely N-dealkylation sites (N-methyl/N-ethyl adjacent to an activating group) is 1. The van der Waals surface area contributed by atoms with Crippen molar-refractivity contribution in [1.29, 1.82) is 0 Å². The van der Waals surface area contributed by atoms with Gasteiger partial charge in [-0.2, -0.15) is 0 Å². The van der Waals surface area contributed by atoms with Crippen molar-refractivity contribution in [3.05, 3.63) is 35.5 Å². The summed E-state index contributed by atoms with van der Waals surface area (Å²) in [5, 5.41) is 0.844. The first-order valence-corrected chi connectivity index (χ1v) is 15.9. The molecule has 0 unspecified atom stereocenters. The van der Waals surface area contributed by atoms with E-state index in [1.165, 1.54) is 4.90 Å². The third-order valence-electron chi connectivity index (χ3n) is 8.12. The summed E-state index contributed by atoms with van der Waals surface area (Å²) < 4.78 is 11.6. The van der Waals surface area contributed by atoms with Crippen LogP contribution in [-0.4, -0.2) is 89.4 Å². The van der Waals surface area contributed by atoms with E-state index in [4.69, 9.17) is 14.5 Å². The Morgan fingerprint density at radius 3 is 2.61 bits per heavy atom. The average Bonchev–Trinajstić information content (AvgIpc) is 3.59. The van der Waals surface area contributed by atoms with Gasteiger partial charge in [0.05, 0.1) is 17.2 Å². The summed E-state index contributed by atoms with van der Waals surface area (Å²) >= 11 is 1.55. The van der Waals surface area contributed by atoms with Gasteiger partial charge in [0.2, 0.25) is 11.8 Å². The van der Waals surface area contributed by atoms with Crippen LogP contribution in [0.3, 0.4) is 0 Å². The largest absolute Gasteiger partial charge is 0.460 e. The molecule has 3 heterocycles. The zero-order valence-corrected chi connectivity index (χ0v) is 26.9. The van der Waals surface area contributed by atoms with Crippen LogP contribution in [-0.2, 0) is 23.9 Å². The van der Waals surface area contributed by atoms with E-state index in [2.05, 4.69) is 19.1 Å². The van der Waals surface area contributed by atoms with Crippen LogP contribution in [0.2, 0.25) is 0 Å². The number of fused-ring (bicyclic) bond motifs is 3. The number of thioether (sulfide) groups is 1. The fraction of sp³-hybridized carbons (Fsp3) is 0.688. The molecule has 228 valence electrons. The van der Waals surface area contributed by atoms with E-state index in [-0.39, 0.29) is 41.9 Å². The molecule has 3 aliphatic heterocycles. The Bertz CT molecular complexity index is 1080.